The molecule has 0 N–H and O–H groups in total. The molecule has 3 aromatic rings. The number of rotatable bonds is 4. The second-order valence-corrected chi connectivity index (χ2v) is 4.93. The van der Waals surface area contributed by atoms with Gasteiger partial charge in [-0.1, -0.05) is 29.8 Å². The third-order valence-electron chi connectivity index (χ3n) is 3.01. The molecule has 110 valence electrons. The predicted octanol–water partition coefficient (Wildman–Crippen LogP) is 2.86. The van der Waals surface area contributed by atoms with Crippen LogP contribution in [0.2, 0.25) is 5.15 Å². The number of benzene rings is 1. The molecule has 1 aromatic carbocycles. The lowest BCUT2D eigenvalue weighted by Gasteiger charge is -2.09. The number of halogens is 1. The van der Waals surface area contributed by atoms with E-state index in [1.165, 1.54) is 12.4 Å². The second kappa shape index (κ2) is 6.41. The molecule has 3 rings (SSSR count). The van der Waals surface area contributed by atoms with E-state index >= 15 is 0 Å². The largest absolute Gasteiger partial charge is 0.473 e. The fraction of sp³-hybridized carbons (Fsp3) is 0.0625. The SMILES string of the molecule is O=c1ccccn1-c1cccc(COc2cc(Cl)ncn2)c1. The van der Waals surface area contributed by atoms with E-state index in [2.05, 4.69) is 9.97 Å². The van der Waals surface area contributed by atoms with Gasteiger partial charge >= 0.3 is 0 Å². The minimum atomic E-state index is -0.0804. The summed E-state index contributed by atoms with van der Waals surface area (Å²) in [6, 6.07) is 14.1. The highest BCUT2D eigenvalue weighted by atomic mass is 35.5. The van der Waals surface area contributed by atoms with Crippen LogP contribution < -0.4 is 10.3 Å². The fourth-order valence-corrected chi connectivity index (χ4v) is 2.13. The van der Waals surface area contributed by atoms with E-state index in [4.69, 9.17) is 16.3 Å². The Morgan fingerprint density at radius 2 is 2.00 bits per heavy atom. The molecule has 22 heavy (non-hydrogen) atoms. The first-order valence-electron chi connectivity index (χ1n) is 6.60. The van der Waals surface area contributed by atoms with Crippen molar-refractivity contribution in [3.05, 3.63) is 82.1 Å². The van der Waals surface area contributed by atoms with E-state index in [0.29, 0.717) is 17.6 Å². The zero-order valence-electron chi connectivity index (χ0n) is 11.5. The number of nitrogens with zero attached hydrogens (tertiary/aromatic N) is 3. The van der Waals surface area contributed by atoms with E-state index in [1.54, 1.807) is 22.9 Å². The van der Waals surface area contributed by atoms with Crippen molar-refractivity contribution in [1.82, 2.24) is 14.5 Å². The summed E-state index contributed by atoms with van der Waals surface area (Å²) in [5.41, 5.74) is 1.62. The highest BCUT2D eigenvalue weighted by molar-refractivity contribution is 6.29. The monoisotopic (exact) mass is 313 g/mol. The average Bonchev–Trinajstić information content (AvgIpc) is 2.54. The summed E-state index contributed by atoms with van der Waals surface area (Å²) < 4.78 is 7.15. The first-order chi connectivity index (χ1) is 10.7. The Bertz CT molecular complexity index is 848. The van der Waals surface area contributed by atoms with Crippen LogP contribution in [-0.2, 0) is 6.61 Å². The average molecular weight is 314 g/mol. The summed E-state index contributed by atoms with van der Waals surface area (Å²) in [7, 11) is 0. The third kappa shape index (κ3) is 3.32. The lowest BCUT2D eigenvalue weighted by molar-refractivity contribution is 0.293. The van der Waals surface area contributed by atoms with Crippen molar-refractivity contribution in [2.45, 2.75) is 6.61 Å². The normalized spacial score (nSPS) is 10.4. The molecule has 0 atom stereocenters. The van der Waals surface area contributed by atoms with Crippen molar-refractivity contribution in [3.8, 4) is 11.6 Å². The lowest BCUT2D eigenvalue weighted by atomic mass is 10.2. The molecule has 0 radical (unpaired) electrons. The van der Waals surface area contributed by atoms with E-state index in [9.17, 15) is 4.79 Å². The first kappa shape index (κ1) is 14.3. The van der Waals surface area contributed by atoms with Crippen molar-refractivity contribution in [2.75, 3.05) is 0 Å². The molecule has 0 amide bonds. The van der Waals surface area contributed by atoms with Crippen molar-refractivity contribution in [1.29, 1.82) is 0 Å². The maximum Gasteiger partial charge on any atom is 0.255 e. The van der Waals surface area contributed by atoms with Crippen LogP contribution in [0.15, 0.2) is 65.8 Å². The molecule has 2 aromatic heterocycles. The van der Waals surface area contributed by atoms with Gasteiger partial charge in [-0.05, 0) is 23.8 Å². The van der Waals surface area contributed by atoms with Crippen LogP contribution >= 0.6 is 11.6 Å². The highest BCUT2D eigenvalue weighted by Crippen LogP contribution is 2.14. The van der Waals surface area contributed by atoms with Gasteiger partial charge in [-0.2, -0.15) is 0 Å². The van der Waals surface area contributed by atoms with Gasteiger partial charge < -0.3 is 4.74 Å². The van der Waals surface area contributed by atoms with Crippen LogP contribution in [0.1, 0.15) is 5.56 Å². The maximum absolute atomic E-state index is 11.8. The summed E-state index contributed by atoms with van der Waals surface area (Å²) in [6.07, 6.45) is 3.07. The van der Waals surface area contributed by atoms with Crippen molar-refractivity contribution >= 4 is 11.6 Å². The van der Waals surface area contributed by atoms with Gasteiger partial charge in [0.25, 0.3) is 5.56 Å². The Balaban J connectivity index is 1.80. The minimum absolute atomic E-state index is 0.0804. The number of hydrogen-bond acceptors (Lipinski definition) is 4. The molecule has 0 saturated carbocycles. The van der Waals surface area contributed by atoms with Crippen LogP contribution in [0, 0.1) is 0 Å². The smallest absolute Gasteiger partial charge is 0.255 e. The molecular formula is C16H12ClN3O2. The zero-order chi connectivity index (χ0) is 15.4. The molecule has 5 nitrogen and oxygen atoms in total. The molecule has 0 unspecified atom stereocenters. The maximum atomic E-state index is 11.8. The zero-order valence-corrected chi connectivity index (χ0v) is 12.3. The highest BCUT2D eigenvalue weighted by Gasteiger charge is 2.02. The van der Waals surface area contributed by atoms with Gasteiger partial charge in [0.2, 0.25) is 5.88 Å². The van der Waals surface area contributed by atoms with Crippen molar-refractivity contribution < 1.29 is 4.74 Å². The molecule has 2 heterocycles. The Hall–Kier alpha value is -2.66. The predicted molar refractivity (Wildman–Crippen MR) is 83.4 cm³/mol. The topological polar surface area (TPSA) is 57.0 Å². The minimum Gasteiger partial charge on any atom is -0.473 e. The van der Waals surface area contributed by atoms with E-state index in [-0.39, 0.29) is 5.56 Å². The van der Waals surface area contributed by atoms with Crippen LogP contribution in [0.5, 0.6) is 5.88 Å². The van der Waals surface area contributed by atoms with E-state index in [1.807, 2.05) is 30.3 Å². The summed E-state index contributed by atoms with van der Waals surface area (Å²) in [4.78, 5) is 19.6. The van der Waals surface area contributed by atoms with E-state index in [0.717, 1.165) is 11.3 Å². The summed E-state index contributed by atoms with van der Waals surface area (Å²) in [5.74, 6) is 0.405. The number of ether oxygens (including phenoxy) is 1. The molecule has 0 saturated heterocycles. The van der Waals surface area contributed by atoms with Crippen LogP contribution in [0.4, 0.5) is 0 Å². The molecule has 0 fully saturated rings. The van der Waals surface area contributed by atoms with Gasteiger partial charge in [0.1, 0.15) is 18.1 Å². The summed E-state index contributed by atoms with van der Waals surface area (Å²) in [5, 5.41) is 0.328. The quantitative estimate of drug-likeness (QED) is 0.695. The van der Waals surface area contributed by atoms with Gasteiger partial charge in [0.15, 0.2) is 0 Å². The van der Waals surface area contributed by atoms with Gasteiger partial charge in [-0.25, -0.2) is 9.97 Å². The molecule has 0 aliphatic carbocycles. The first-order valence-corrected chi connectivity index (χ1v) is 6.97. The van der Waals surface area contributed by atoms with Crippen molar-refractivity contribution in [3.63, 3.8) is 0 Å². The Kier molecular flexibility index (Phi) is 4.16. The Morgan fingerprint density at radius 1 is 1.09 bits per heavy atom. The fourth-order valence-electron chi connectivity index (χ4n) is 1.99. The van der Waals surface area contributed by atoms with Gasteiger partial charge in [-0.3, -0.25) is 9.36 Å². The third-order valence-corrected chi connectivity index (χ3v) is 3.21. The van der Waals surface area contributed by atoms with Crippen LogP contribution in [0.25, 0.3) is 5.69 Å². The van der Waals surface area contributed by atoms with Crippen LogP contribution in [-0.4, -0.2) is 14.5 Å². The lowest BCUT2D eigenvalue weighted by Crippen LogP contribution is -2.15. The van der Waals surface area contributed by atoms with Gasteiger partial charge in [-0.15, -0.1) is 0 Å². The van der Waals surface area contributed by atoms with Crippen molar-refractivity contribution in [2.24, 2.45) is 0 Å². The van der Waals surface area contributed by atoms with Gasteiger partial charge in [0.05, 0.1) is 0 Å². The molecule has 0 bridgehead atoms. The van der Waals surface area contributed by atoms with E-state index < -0.39 is 0 Å². The molecular weight excluding hydrogens is 302 g/mol. The number of hydrogen-bond donors (Lipinski definition) is 0. The Morgan fingerprint density at radius 3 is 2.82 bits per heavy atom. The molecule has 0 aliphatic rings. The second-order valence-electron chi connectivity index (χ2n) is 4.55. The summed E-state index contributed by atoms with van der Waals surface area (Å²) in [6.45, 7) is 0.322. The number of pyridine rings is 1. The number of aromatic nitrogens is 3. The van der Waals surface area contributed by atoms with Crippen LogP contribution in [0.3, 0.4) is 0 Å². The Labute approximate surface area is 131 Å². The molecule has 0 spiro atoms. The standard InChI is InChI=1S/C16H12ClN3O2/c17-14-9-15(19-11-18-14)22-10-12-4-3-5-13(8-12)20-7-2-1-6-16(20)21/h1-9,11H,10H2. The summed E-state index contributed by atoms with van der Waals surface area (Å²) >= 11 is 5.78. The van der Waals surface area contributed by atoms with Gasteiger partial charge in [0, 0.05) is 24.0 Å². The molecule has 0 aliphatic heterocycles. The molecule has 6 heteroatoms.